The van der Waals surface area contributed by atoms with Gasteiger partial charge in [0.2, 0.25) is 10.0 Å². The van der Waals surface area contributed by atoms with E-state index in [1.54, 1.807) is 36.9 Å². The number of H-pyrrole nitrogens is 1. The molecule has 0 aliphatic heterocycles. The Labute approximate surface area is 122 Å². The lowest BCUT2D eigenvalue weighted by atomic mass is 10.2. The minimum atomic E-state index is -3.59. The molecule has 0 spiro atoms. The number of pyridine rings is 1. The molecule has 0 bridgehead atoms. The van der Waals surface area contributed by atoms with Crippen LogP contribution in [0.2, 0.25) is 0 Å². The number of nitrogens with zero attached hydrogens (tertiary/aromatic N) is 2. The van der Waals surface area contributed by atoms with Crippen LogP contribution in [0.4, 0.5) is 0 Å². The lowest BCUT2D eigenvalue weighted by molar-refractivity contribution is 0.582. The summed E-state index contributed by atoms with van der Waals surface area (Å²) in [4.78, 5) is 11.2. The highest BCUT2D eigenvalue weighted by atomic mass is 32.2. The van der Waals surface area contributed by atoms with Gasteiger partial charge >= 0.3 is 0 Å². The topological polar surface area (TPSA) is 87.7 Å². The molecular formula is C14H14N4O2S. The molecule has 0 saturated carbocycles. The van der Waals surface area contributed by atoms with E-state index in [9.17, 15) is 8.42 Å². The number of para-hydroxylation sites is 1. The van der Waals surface area contributed by atoms with Gasteiger partial charge in [0.25, 0.3) is 0 Å². The van der Waals surface area contributed by atoms with Crippen molar-refractivity contribution in [1.82, 2.24) is 19.7 Å². The first-order chi connectivity index (χ1) is 10.2. The number of sulfonamides is 1. The smallest absolute Gasteiger partial charge is 0.242 e. The maximum atomic E-state index is 12.4. The van der Waals surface area contributed by atoms with Crippen molar-refractivity contribution >= 4 is 20.9 Å². The van der Waals surface area contributed by atoms with E-state index in [1.165, 1.54) is 0 Å². The fourth-order valence-electron chi connectivity index (χ4n) is 2.11. The monoisotopic (exact) mass is 302 g/mol. The summed E-state index contributed by atoms with van der Waals surface area (Å²) >= 11 is 0. The van der Waals surface area contributed by atoms with Crippen molar-refractivity contribution in [2.45, 2.75) is 11.3 Å². The SMILES string of the molecule is O=S(=O)(NCCc1cnc[nH]1)c1cccc2cccnc12. The molecule has 0 aliphatic rings. The first-order valence-electron chi connectivity index (χ1n) is 6.47. The minimum absolute atomic E-state index is 0.199. The van der Waals surface area contributed by atoms with Crippen LogP contribution in [0.15, 0.2) is 53.9 Å². The second kappa shape index (κ2) is 5.63. The van der Waals surface area contributed by atoms with Crippen LogP contribution in [0.1, 0.15) is 5.69 Å². The highest BCUT2D eigenvalue weighted by molar-refractivity contribution is 7.89. The van der Waals surface area contributed by atoms with Gasteiger partial charge in [-0.05, 0) is 12.1 Å². The molecule has 1 aromatic carbocycles. The van der Waals surface area contributed by atoms with E-state index < -0.39 is 10.0 Å². The van der Waals surface area contributed by atoms with E-state index in [4.69, 9.17) is 0 Å². The van der Waals surface area contributed by atoms with Crippen molar-refractivity contribution in [3.63, 3.8) is 0 Å². The van der Waals surface area contributed by atoms with Crippen LogP contribution >= 0.6 is 0 Å². The average molecular weight is 302 g/mol. The van der Waals surface area contributed by atoms with Crippen molar-refractivity contribution in [1.29, 1.82) is 0 Å². The fraction of sp³-hybridized carbons (Fsp3) is 0.143. The van der Waals surface area contributed by atoms with Gasteiger partial charge in [-0.25, -0.2) is 18.1 Å². The number of aromatic amines is 1. The standard InChI is InChI=1S/C14H14N4O2S/c19-21(20,18-8-6-12-9-15-10-17-12)13-5-1-3-11-4-2-7-16-14(11)13/h1-5,7,9-10,18H,6,8H2,(H,15,17). The molecule has 0 unspecified atom stereocenters. The van der Waals surface area contributed by atoms with Gasteiger partial charge in [0, 0.05) is 36.4 Å². The lowest BCUT2D eigenvalue weighted by Crippen LogP contribution is -2.26. The van der Waals surface area contributed by atoms with Gasteiger partial charge in [0.15, 0.2) is 0 Å². The average Bonchev–Trinajstić information content (AvgIpc) is 3.00. The number of hydrogen-bond acceptors (Lipinski definition) is 4. The Morgan fingerprint density at radius 3 is 2.86 bits per heavy atom. The second-order valence-corrected chi connectivity index (χ2v) is 6.29. The zero-order valence-electron chi connectivity index (χ0n) is 11.2. The fourth-order valence-corrected chi connectivity index (χ4v) is 3.32. The van der Waals surface area contributed by atoms with E-state index in [-0.39, 0.29) is 4.90 Å². The van der Waals surface area contributed by atoms with Crippen LogP contribution in [0, 0.1) is 0 Å². The normalized spacial score (nSPS) is 11.8. The maximum Gasteiger partial charge on any atom is 0.242 e. The molecule has 0 fully saturated rings. The quantitative estimate of drug-likeness (QED) is 0.747. The van der Waals surface area contributed by atoms with E-state index >= 15 is 0 Å². The number of benzene rings is 1. The number of imidazole rings is 1. The van der Waals surface area contributed by atoms with Crippen molar-refractivity contribution in [2.24, 2.45) is 0 Å². The third-order valence-corrected chi connectivity index (χ3v) is 4.62. The molecule has 0 radical (unpaired) electrons. The predicted molar refractivity (Wildman–Crippen MR) is 79.2 cm³/mol. The van der Waals surface area contributed by atoms with Crippen LogP contribution in [0.25, 0.3) is 10.9 Å². The van der Waals surface area contributed by atoms with Crippen molar-refractivity contribution < 1.29 is 8.42 Å². The predicted octanol–water partition coefficient (Wildman–Crippen LogP) is 1.48. The van der Waals surface area contributed by atoms with Gasteiger partial charge in [-0.3, -0.25) is 4.98 Å². The summed E-state index contributed by atoms with van der Waals surface area (Å²) in [7, 11) is -3.59. The first kappa shape index (κ1) is 13.7. The molecule has 7 heteroatoms. The third-order valence-electron chi connectivity index (χ3n) is 3.13. The number of aromatic nitrogens is 3. The molecule has 3 rings (SSSR count). The minimum Gasteiger partial charge on any atom is -0.348 e. The second-order valence-electron chi connectivity index (χ2n) is 4.56. The van der Waals surface area contributed by atoms with Gasteiger partial charge in [-0.2, -0.15) is 0 Å². The number of fused-ring (bicyclic) bond motifs is 1. The molecule has 0 atom stereocenters. The van der Waals surface area contributed by atoms with Crippen molar-refractivity contribution in [3.8, 4) is 0 Å². The molecule has 2 N–H and O–H groups in total. The molecular weight excluding hydrogens is 288 g/mol. The van der Waals surface area contributed by atoms with Gasteiger partial charge < -0.3 is 4.98 Å². The first-order valence-corrected chi connectivity index (χ1v) is 7.96. The zero-order valence-corrected chi connectivity index (χ0v) is 12.0. The third kappa shape index (κ3) is 2.93. The molecule has 108 valence electrons. The number of hydrogen-bond donors (Lipinski definition) is 2. The molecule has 6 nitrogen and oxygen atoms in total. The Balaban J connectivity index is 1.83. The van der Waals surface area contributed by atoms with E-state index in [2.05, 4.69) is 19.7 Å². The summed E-state index contributed by atoms with van der Waals surface area (Å²) in [6.45, 7) is 0.299. The Bertz CT molecular complexity index is 839. The van der Waals surface area contributed by atoms with Crippen LogP contribution in [-0.2, 0) is 16.4 Å². The highest BCUT2D eigenvalue weighted by Gasteiger charge is 2.17. The summed E-state index contributed by atoms with van der Waals surface area (Å²) in [5.74, 6) is 0. The zero-order chi connectivity index (χ0) is 14.7. The molecule has 0 saturated heterocycles. The maximum absolute atomic E-state index is 12.4. The Morgan fingerprint density at radius 2 is 2.05 bits per heavy atom. The van der Waals surface area contributed by atoms with Crippen molar-refractivity contribution in [2.75, 3.05) is 6.54 Å². The van der Waals surface area contributed by atoms with E-state index in [0.29, 0.717) is 18.5 Å². The van der Waals surface area contributed by atoms with Gasteiger partial charge in [0.1, 0.15) is 4.90 Å². The highest BCUT2D eigenvalue weighted by Crippen LogP contribution is 2.20. The summed E-state index contributed by atoms with van der Waals surface area (Å²) in [6, 6.07) is 8.74. The Hall–Kier alpha value is -2.25. The summed E-state index contributed by atoms with van der Waals surface area (Å²) in [5.41, 5.74) is 1.36. The van der Waals surface area contributed by atoms with Crippen LogP contribution < -0.4 is 4.72 Å². The van der Waals surface area contributed by atoms with Crippen LogP contribution in [0.3, 0.4) is 0 Å². The van der Waals surface area contributed by atoms with Gasteiger partial charge in [-0.1, -0.05) is 18.2 Å². The van der Waals surface area contributed by atoms with E-state index in [1.807, 2.05) is 12.1 Å². The molecule has 3 aromatic rings. The summed E-state index contributed by atoms with van der Waals surface area (Å²) in [6.07, 6.45) is 5.38. The van der Waals surface area contributed by atoms with Gasteiger partial charge in [0.05, 0.1) is 11.8 Å². The Kier molecular flexibility index (Phi) is 3.68. The molecule has 0 aliphatic carbocycles. The molecule has 21 heavy (non-hydrogen) atoms. The summed E-state index contributed by atoms with van der Waals surface area (Å²) in [5, 5.41) is 0.800. The number of nitrogens with one attached hydrogen (secondary N) is 2. The number of rotatable bonds is 5. The molecule has 2 aromatic heterocycles. The molecule has 0 amide bonds. The van der Waals surface area contributed by atoms with E-state index in [0.717, 1.165) is 11.1 Å². The largest absolute Gasteiger partial charge is 0.348 e. The van der Waals surface area contributed by atoms with Crippen LogP contribution in [0.5, 0.6) is 0 Å². The lowest BCUT2D eigenvalue weighted by Gasteiger charge is -2.08. The molecule has 2 heterocycles. The Morgan fingerprint density at radius 1 is 1.19 bits per heavy atom. The van der Waals surface area contributed by atoms with Gasteiger partial charge in [-0.15, -0.1) is 0 Å². The van der Waals surface area contributed by atoms with Crippen LogP contribution in [-0.4, -0.2) is 29.9 Å². The van der Waals surface area contributed by atoms with Crippen molar-refractivity contribution in [3.05, 3.63) is 54.7 Å². The summed E-state index contributed by atoms with van der Waals surface area (Å²) < 4.78 is 27.4.